The van der Waals surface area contributed by atoms with Gasteiger partial charge in [-0.2, -0.15) is 4.37 Å². The van der Waals surface area contributed by atoms with E-state index in [1.807, 2.05) is 31.5 Å². The Balaban J connectivity index is 1.39. The first-order valence-corrected chi connectivity index (χ1v) is 13.0. The first-order chi connectivity index (χ1) is 16.0. The quantitative estimate of drug-likeness (QED) is 0.511. The van der Waals surface area contributed by atoms with Crippen molar-refractivity contribution in [3.63, 3.8) is 0 Å². The third-order valence-corrected chi connectivity index (χ3v) is 7.61. The van der Waals surface area contributed by atoms with Crippen molar-refractivity contribution in [3.05, 3.63) is 51.9 Å². The van der Waals surface area contributed by atoms with Crippen molar-refractivity contribution in [1.29, 1.82) is 0 Å². The average Bonchev–Trinajstić information content (AvgIpc) is 3.57. The Bertz CT molecular complexity index is 1110. The van der Waals surface area contributed by atoms with Crippen molar-refractivity contribution in [1.82, 2.24) is 24.6 Å². The molecule has 0 saturated carbocycles. The molecule has 7 nitrogen and oxygen atoms in total. The number of benzene rings is 1. The summed E-state index contributed by atoms with van der Waals surface area (Å²) >= 11 is 2.94. The van der Waals surface area contributed by atoms with Gasteiger partial charge in [-0.3, -0.25) is 9.59 Å². The molecule has 174 valence electrons. The molecule has 2 amide bonds. The number of aryl methyl sites for hydroxylation is 2. The third-order valence-electron chi connectivity index (χ3n) is 6.00. The zero-order valence-electron chi connectivity index (χ0n) is 19.2. The van der Waals surface area contributed by atoms with Crippen molar-refractivity contribution < 1.29 is 9.59 Å². The monoisotopic (exact) mass is 483 g/mol. The molecule has 1 aliphatic rings. The Morgan fingerprint density at radius 1 is 1.24 bits per heavy atom. The number of carbonyl (C=O) groups excluding carboxylic acids is 2. The maximum Gasteiger partial charge on any atom is 0.243 e. The average molecular weight is 484 g/mol. The summed E-state index contributed by atoms with van der Waals surface area (Å²) in [5, 5.41) is 3.89. The lowest BCUT2D eigenvalue weighted by molar-refractivity contribution is -0.139. The van der Waals surface area contributed by atoms with Crippen LogP contribution in [0.25, 0.3) is 10.4 Å². The molecule has 0 radical (unpaired) electrons. The highest BCUT2D eigenvalue weighted by molar-refractivity contribution is 7.13. The zero-order chi connectivity index (χ0) is 23.4. The Hall–Kier alpha value is -2.65. The summed E-state index contributed by atoms with van der Waals surface area (Å²) < 4.78 is 4.38. The largest absolute Gasteiger partial charge is 0.350 e. The molecule has 1 N–H and O–H groups in total. The van der Waals surface area contributed by atoms with Gasteiger partial charge in [-0.05, 0) is 55.8 Å². The molecule has 3 heterocycles. The number of nitrogens with one attached hydrogen (secondary N) is 1. The summed E-state index contributed by atoms with van der Waals surface area (Å²) in [6.07, 6.45) is 3.06. The number of hydrogen-bond donors (Lipinski definition) is 1. The molecule has 2 atom stereocenters. The van der Waals surface area contributed by atoms with Crippen LogP contribution >= 0.6 is 22.9 Å². The predicted molar refractivity (Wildman–Crippen MR) is 131 cm³/mol. The van der Waals surface area contributed by atoms with Gasteiger partial charge in [0.1, 0.15) is 11.0 Å². The minimum absolute atomic E-state index is 0.0309. The Morgan fingerprint density at radius 2 is 2.03 bits per heavy atom. The number of hydrogen-bond acceptors (Lipinski definition) is 7. The van der Waals surface area contributed by atoms with Gasteiger partial charge in [-0.15, -0.1) is 11.3 Å². The molecule has 4 rings (SSSR count). The van der Waals surface area contributed by atoms with Gasteiger partial charge in [0.25, 0.3) is 0 Å². The molecular weight excluding hydrogens is 454 g/mol. The lowest BCUT2D eigenvalue weighted by atomic mass is 10.0. The predicted octanol–water partition coefficient (Wildman–Crippen LogP) is 4.47. The minimum Gasteiger partial charge on any atom is -0.350 e. The van der Waals surface area contributed by atoms with Gasteiger partial charge < -0.3 is 10.2 Å². The second-order valence-electron chi connectivity index (χ2n) is 8.38. The molecule has 1 fully saturated rings. The summed E-state index contributed by atoms with van der Waals surface area (Å²) in [5.74, 6) is 0.0836. The molecule has 3 aromatic rings. The highest BCUT2D eigenvalue weighted by Gasteiger charge is 2.38. The van der Waals surface area contributed by atoms with E-state index >= 15 is 0 Å². The van der Waals surface area contributed by atoms with Gasteiger partial charge in [0.05, 0.1) is 22.0 Å². The van der Waals surface area contributed by atoms with E-state index in [-0.39, 0.29) is 17.7 Å². The SMILES string of the molecule is CCC[C@@H](C(=O)N1CCC[C@H]1C(=O)NCc1ccc(-c2scnc2C)cc1)c1nsc(C)n1. The van der Waals surface area contributed by atoms with Crippen LogP contribution in [0.15, 0.2) is 29.8 Å². The molecule has 1 saturated heterocycles. The summed E-state index contributed by atoms with van der Waals surface area (Å²) in [6, 6.07) is 7.74. The fraction of sp³-hybridized carbons (Fsp3) is 0.458. The fourth-order valence-corrected chi connectivity index (χ4v) is 5.61. The summed E-state index contributed by atoms with van der Waals surface area (Å²) in [4.78, 5) is 38.1. The van der Waals surface area contributed by atoms with Crippen LogP contribution in [0.3, 0.4) is 0 Å². The first kappa shape index (κ1) is 23.5. The van der Waals surface area contributed by atoms with E-state index in [1.165, 1.54) is 11.5 Å². The standard InChI is InChI=1S/C24H29N5O2S2/c1-4-6-19(22-27-16(3)33-28-22)24(31)29-12-5-7-20(29)23(30)25-13-17-8-10-18(11-9-17)21-15(2)26-14-32-21/h8-11,14,19-20H,4-7,12-13H2,1-3H3,(H,25,30)/t19-,20+/m1/s1. The lowest BCUT2D eigenvalue weighted by Crippen LogP contribution is -2.47. The number of likely N-dealkylation sites (tertiary alicyclic amines) is 1. The van der Waals surface area contributed by atoms with Crippen molar-refractivity contribution in [2.45, 2.75) is 65.0 Å². The Kier molecular flexibility index (Phi) is 7.49. The van der Waals surface area contributed by atoms with Gasteiger partial charge in [-0.25, -0.2) is 9.97 Å². The Morgan fingerprint density at radius 3 is 2.67 bits per heavy atom. The third kappa shape index (κ3) is 5.30. The molecular formula is C24H29N5O2S2. The first-order valence-electron chi connectivity index (χ1n) is 11.4. The van der Waals surface area contributed by atoms with E-state index in [4.69, 9.17) is 0 Å². The molecule has 1 aliphatic heterocycles. The van der Waals surface area contributed by atoms with Gasteiger partial charge in [0, 0.05) is 13.1 Å². The van der Waals surface area contributed by atoms with E-state index in [0.717, 1.165) is 39.5 Å². The van der Waals surface area contributed by atoms with Crippen LogP contribution in [0.5, 0.6) is 0 Å². The number of carbonyl (C=O) groups is 2. The van der Waals surface area contributed by atoms with Gasteiger partial charge in [0.2, 0.25) is 11.8 Å². The molecule has 2 aromatic heterocycles. The topological polar surface area (TPSA) is 88.1 Å². The Labute approximate surface area is 202 Å². The maximum absolute atomic E-state index is 13.4. The second-order valence-corrected chi connectivity index (χ2v) is 10.2. The number of amides is 2. The van der Waals surface area contributed by atoms with Crippen LogP contribution in [0, 0.1) is 13.8 Å². The zero-order valence-corrected chi connectivity index (χ0v) is 20.8. The smallest absolute Gasteiger partial charge is 0.243 e. The number of rotatable bonds is 8. The van der Waals surface area contributed by atoms with E-state index in [9.17, 15) is 9.59 Å². The number of nitrogens with zero attached hydrogens (tertiary/aromatic N) is 4. The molecule has 0 unspecified atom stereocenters. The second kappa shape index (κ2) is 10.5. The lowest BCUT2D eigenvalue weighted by Gasteiger charge is -2.27. The van der Waals surface area contributed by atoms with E-state index in [1.54, 1.807) is 16.2 Å². The van der Waals surface area contributed by atoms with Crippen molar-refractivity contribution in [2.24, 2.45) is 0 Å². The highest BCUT2D eigenvalue weighted by atomic mass is 32.1. The van der Waals surface area contributed by atoms with Crippen LogP contribution in [0.2, 0.25) is 0 Å². The summed E-state index contributed by atoms with van der Waals surface area (Å²) in [6.45, 7) is 6.99. The van der Waals surface area contributed by atoms with Crippen LogP contribution in [-0.4, -0.2) is 43.6 Å². The van der Waals surface area contributed by atoms with Gasteiger partial charge in [0.15, 0.2) is 5.82 Å². The van der Waals surface area contributed by atoms with Crippen molar-refractivity contribution in [2.75, 3.05) is 6.54 Å². The van der Waals surface area contributed by atoms with Crippen molar-refractivity contribution in [3.8, 4) is 10.4 Å². The summed E-state index contributed by atoms with van der Waals surface area (Å²) in [7, 11) is 0. The molecule has 33 heavy (non-hydrogen) atoms. The highest BCUT2D eigenvalue weighted by Crippen LogP contribution is 2.29. The van der Waals surface area contributed by atoms with Gasteiger partial charge in [-0.1, -0.05) is 37.6 Å². The molecule has 0 bridgehead atoms. The number of aromatic nitrogens is 3. The minimum atomic E-state index is -0.435. The molecule has 1 aromatic carbocycles. The van der Waals surface area contributed by atoms with E-state index in [0.29, 0.717) is 31.8 Å². The molecule has 0 aliphatic carbocycles. The van der Waals surface area contributed by atoms with Crippen LogP contribution in [-0.2, 0) is 16.1 Å². The maximum atomic E-state index is 13.4. The normalized spacial score (nSPS) is 16.7. The number of thiazole rings is 1. The fourth-order valence-electron chi connectivity index (χ4n) is 4.27. The van der Waals surface area contributed by atoms with Crippen LogP contribution < -0.4 is 5.32 Å². The summed E-state index contributed by atoms with van der Waals surface area (Å²) in [5.41, 5.74) is 5.03. The van der Waals surface area contributed by atoms with Crippen LogP contribution in [0.4, 0.5) is 0 Å². The van der Waals surface area contributed by atoms with Crippen LogP contribution in [0.1, 0.15) is 60.6 Å². The molecule has 0 spiro atoms. The van der Waals surface area contributed by atoms with Crippen molar-refractivity contribution >= 4 is 34.7 Å². The van der Waals surface area contributed by atoms with Gasteiger partial charge >= 0.3 is 0 Å². The van der Waals surface area contributed by atoms with E-state index in [2.05, 4.69) is 38.7 Å². The van der Waals surface area contributed by atoms with E-state index < -0.39 is 6.04 Å². The molecule has 9 heteroatoms.